The Morgan fingerprint density at radius 2 is 1.86 bits per heavy atom. The Hall–Kier alpha value is -4.44. The summed E-state index contributed by atoms with van der Waals surface area (Å²) in [5.74, 6) is -2.30. The number of nitrogens with zero attached hydrogens (tertiary/aromatic N) is 2. The molecule has 7 atom stereocenters. The van der Waals surface area contributed by atoms with Gasteiger partial charge < -0.3 is 35.2 Å². The van der Waals surface area contributed by atoms with Crippen molar-refractivity contribution in [2.75, 3.05) is 20.3 Å². The minimum absolute atomic E-state index is 0.0195. The van der Waals surface area contributed by atoms with Gasteiger partial charge in [-0.15, -0.1) is 0 Å². The number of benzene rings is 1. The van der Waals surface area contributed by atoms with Gasteiger partial charge in [-0.2, -0.15) is 0 Å². The monoisotopic (exact) mass is 727 g/mol. The lowest BCUT2D eigenvalue weighted by Crippen LogP contribution is -2.59. The van der Waals surface area contributed by atoms with Crippen LogP contribution in [0.2, 0.25) is 0 Å². The van der Waals surface area contributed by atoms with Crippen molar-refractivity contribution in [3.8, 4) is 11.6 Å². The maximum atomic E-state index is 14.3. The molecule has 51 heavy (non-hydrogen) atoms. The molecule has 0 bridgehead atoms. The molecule has 1 saturated heterocycles. The number of aromatic nitrogens is 1. The van der Waals surface area contributed by atoms with Crippen LogP contribution in [0.3, 0.4) is 0 Å². The molecular weight excluding hydrogens is 682 g/mol. The van der Waals surface area contributed by atoms with Crippen LogP contribution < -0.4 is 24.8 Å². The average Bonchev–Trinajstić information content (AvgIpc) is 4.00. The molecule has 2 aliphatic heterocycles. The normalized spacial score (nSPS) is 30.5. The molecular formula is C35H45N5O10S. The van der Waals surface area contributed by atoms with Crippen molar-refractivity contribution in [2.45, 2.75) is 87.3 Å². The van der Waals surface area contributed by atoms with Crippen LogP contribution in [0.5, 0.6) is 11.6 Å². The zero-order valence-corrected chi connectivity index (χ0v) is 29.6. The van der Waals surface area contributed by atoms with E-state index in [9.17, 15) is 37.8 Å². The van der Waals surface area contributed by atoms with Crippen molar-refractivity contribution in [1.82, 2.24) is 25.2 Å². The summed E-state index contributed by atoms with van der Waals surface area (Å²) < 4.78 is 38.8. The third kappa shape index (κ3) is 7.07. The summed E-state index contributed by atoms with van der Waals surface area (Å²) >= 11 is 0. The van der Waals surface area contributed by atoms with Gasteiger partial charge in [-0.1, -0.05) is 44.2 Å². The van der Waals surface area contributed by atoms with E-state index in [0.29, 0.717) is 30.4 Å². The Labute approximate surface area is 296 Å². The lowest BCUT2D eigenvalue weighted by molar-refractivity contribution is -0.142. The number of ether oxygens (including phenoxy) is 2. The first-order valence-corrected chi connectivity index (χ1v) is 18.8. The van der Waals surface area contributed by atoms with Crippen LogP contribution >= 0.6 is 0 Å². The number of carbonyl (C=O) groups is 4. The summed E-state index contributed by atoms with van der Waals surface area (Å²) in [6.45, 7) is 3.08. The van der Waals surface area contributed by atoms with Crippen molar-refractivity contribution in [2.24, 2.45) is 17.8 Å². The van der Waals surface area contributed by atoms with Crippen LogP contribution in [0.15, 0.2) is 42.6 Å². The average molecular weight is 728 g/mol. The third-order valence-electron chi connectivity index (χ3n) is 10.8. The zero-order chi connectivity index (χ0) is 36.7. The number of carbonyl (C=O) groups excluding carboxylic acids is 3. The highest BCUT2D eigenvalue weighted by Gasteiger charge is 2.64. The lowest BCUT2D eigenvalue weighted by atomic mass is 9.88. The summed E-state index contributed by atoms with van der Waals surface area (Å²) in [5, 5.41) is 26.1. The molecule has 4 amide bonds. The first-order chi connectivity index (χ1) is 24.2. The second-order valence-corrected chi connectivity index (χ2v) is 16.5. The van der Waals surface area contributed by atoms with E-state index in [1.807, 2.05) is 37.3 Å². The number of hydrogen-bond acceptors (Lipinski definition) is 10. The second kappa shape index (κ2) is 13.9. The largest absolute Gasteiger partial charge is 0.494 e. The molecule has 2 aliphatic carbocycles. The molecule has 1 aromatic heterocycles. The van der Waals surface area contributed by atoms with Gasteiger partial charge in [0, 0.05) is 23.1 Å². The van der Waals surface area contributed by atoms with Crippen LogP contribution in [0.4, 0.5) is 4.79 Å². The molecule has 0 unspecified atom stereocenters. The van der Waals surface area contributed by atoms with Gasteiger partial charge in [-0.3, -0.25) is 19.1 Å². The number of rotatable bonds is 8. The maximum Gasteiger partial charge on any atom is 0.405 e. The number of aliphatic hydroxyl groups excluding tert-OH is 1. The number of aliphatic hydroxyl groups is 1. The van der Waals surface area contributed by atoms with Gasteiger partial charge in [-0.05, 0) is 56.4 Å². The van der Waals surface area contributed by atoms with E-state index < -0.39 is 80.8 Å². The highest BCUT2D eigenvalue weighted by molar-refractivity contribution is 7.91. The molecule has 16 heteroatoms. The van der Waals surface area contributed by atoms with Crippen LogP contribution in [0.25, 0.3) is 10.8 Å². The highest BCUT2D eigenvalue weighted by atomic mass is 32.2. The Morgan fingerprint density at radius 1 is 1.14 bits per heavy atom. The predicted octanol–water partition coefficient (Wildman–Crippen LogP) is 2.09. The summed E-state index contributed by atoms with van der Waals surface area (Å²) in [6, 6.07) is 4.93. The molecule has 3 fully saturated rings. The van der Waals surface area contributed by atoms with Crippen LogP contribution in [0.1, 0.15) is 58.8 Å². The molecule has 6 rings (SSSR count). The number of nitrogens with one attached hydrogen (secondary N) is 3. The Bertz CT molecular complexity index is 1850. The summed E-state index contributed by atoms with van der Waals surface area (Å²) in [4.78, 5) is 60.1. The predicted molar refractivity (Wildman–Crippen MR) is 184 cm³/mol. The molecule has 0 spiro atoms. The minimum Gasteiger partial charge on any atom is -0.494 e. The number of pyridine rings is 1. The van der Waals surface area contributed by atoms with E-state index in [1.165, 1.54) is 18.2 Å². The molecule has 15 nitrogen and oxygen atoms in total. The first kappa shape index (κ1) is 36.4. The topological polar surface area (TPSA) is 214 Å². The Morgan fingerprint density at radius 3 is 2.53 bits per heavy atom. The van der Waals surface area contributed by atoms with E-state index in [1.54, 1.807) is 13.0 Å². The van der Waals surface area contributed by atoms with Crippen molar-refractivity contribution in [1.29, 1.82) is 0 Å². The Balaban J connectivity index is 1.34. The standard InChI is InChI=1S/C35H45N5O10S/c1-20-8-4-5-9-22-16-35(22,32(44)39-51(47,48)34(19-41)12-13-34)38-29(42)26-15-23(18-40(26)31(43)28(21(2)14-20)37-33(45)46)50-30-25-11-7-6-10-24(25)27(49-3)17-36-30/h5-7,9-11,17,20-23,26,28,37,41H,4,8,12-16,18-19H2,1-3H3,(H,38,42)(H,39,44)(H,45,46)/t20-,21-,22-,23-,26+,28+,35-/m1/s1. The smallest absolute Gasteiger partial charge is 0.405 e. The molecule has 2 saturated carbocycles. The number of allylic oxidation sites excluding steroid dienone is 1. The second-order valence-electron chi connectivity index (χ2n) is 14.5. The van der Waals surface area contributed by atoms with Crippen molar-refractivity contribution in [3.63, 3.8) is 0 Å². The number of hydrogen-bond donors (Lipinski definition) is 5. The van der Waals surface area contributed by atoms with Crippen LogP contribution in [-0.2, 0) is 24.4 Å². The van der Waals surface area contributed by atoms with Crippen LogP contribution in [0, 0.1) is 17.8 Å². The molecule has 276 valence electrons. The van der Waals surface area contributed by atoms with E-state index in [2.05, 4.69) is 20.3 Å². The fourth-order valence-corrected chi connectivity index (χ4v) is 8.93. The number of carboxylic acid groups (broad SMARTS) is 1. The molecule has 4 aliphatic rings. The van der Waals surface area contributed by atoms with Gasteiger partial charge in [0.15, 0.2) is 0 Å². The van der Waals surface area contributed by atoms with Gasteiger partial charge in [0.2, 0.25) is 27.7 Å². The van der Waals surface area contributed by atoms with E-state index in [-0.39, 0.29) is 44.0 Å². The molecule has 2 aromatic rings. The van der Waals surface area contributed by atoms with Crippen molar-refractivity contribution < 1.29 is 47.3 Å². The van der Waals surface area contributed by atoms with Crippen molar-refractivity contribution >= 4 is 44.6 Å². The summed E-state index contributed by atoms with van der Waals surface area (Å²) in [6.07, 6.45) is 5.45. The fourth-order valence-electron chi connectivity index (χ4n) is 7.48. The molecule has 3 heterocycles. The first-order valence-electron chi connectivity index (χ1n) is 17.3. The lowest BCUT2D eigenvalue weighted by Gasteiger charge is -2.32. The third-order valence-corrected chi connectivity index (χ3v) is 12.9. The molecule has 5 N–H and O–H groups in total. The van der Waals surface area contributed by atoms with E-state index in [0.717, 1.165) is 5.39 Å². The van der Waals surface area contributed by atoms with Crippen molar-refractivity contribution in [3.05, 3.63) is 42.6 Å². The van der Waals surface area contributed by atoms with Gasteiger partial charge in [-0.25, -0.2) is 18.2 Å². The number of methoxy groups -OCH3 is 1. The number of fused-ring (bicyclic) bond motifs is 3. The van der Waals surface area contributed by atoms with E-state index in [4.69, 9.17) is 9.47 Å². The fraction of sp³-hybridized carbons (Fsp3) is 0.571. The number of amides is 4. The van der Waals surface area contributed by atoms with Gasteiger partial charge in [0.05, 0.1) is 26.5 Å². The van der Waals surface area contributed by atoms with Gasteiger partial charge >= 0.3 is 6.09 Å². The SMILES string of the molecule is COc1cnc(O[C@@H]2C[C@H]3C(=O)N[C@]4(C(=O)NS(=O)(=O)C5(CO)CC5)C[C@H]4C=CCC[C@@H](C)C[C@@H](C)[C@H](NC(=O)O)C(=O)N3C2)c2ccccc12. The van der Waals surface area contributed by atoms with Crippen LogP contribution in [-0.4, -0.2) is 101 Å². The molecule has 1 aromatic carbocycles. The minimum atomic E-state index is -4.26. The maximum absolute atomic E-state index is 14.3. The molecule has 0 radical (unpaired) electrons. The summed E-state index contributed by atoms with van der Waals surface area (Å²) in [7, 11) is -2.73. The Kier molecular flexibility index (Phi) is 9.94. The van der Waals surface area contributed by atoms with E-state index >= 15 is 0 Å². The quantitative estimate of drug-likeness (QED) is 0.248. The van der Waals surface area contributed by atoms with Gasteiger partial charge in [0.1, 0.15) is 34.2 Å². The zero-order valence-electron chi connectivity index (χ0n) is 28.8. The number of sulfonamides is 1. The summed E-state index contributed by atoms with van der Waals surface area (Å²) in [5.41, 5.74) is -1.62. The highest BCUT2D eigenvalue weighted by Crippen LogP contribution is 2.47. The van der Waals surface area contributed by atoms with Gasteiger partial charge in [0.25, 0.3) is 5.91 Å².